The average Bonchev–Trinajstić information content (AvgIpc) is 2.86. The summed E-state index contributed by atoms with van der Waals surface area (Å²) < 4.78 is 17.9. The van der Waals surface area contributed by atoms with Crippen molar-refractivity contribution in [2.45, 2.75) is 6.04 Å². The molecule has 9 heteroatoms. The van der Waals surface area contributed by atoms with Gasteiger partial charge in [-0.05, 0) is 12.1 Å². The third-order valence-corrected chi connectivity index (χ3v) is 2.36. The van der Waals surface area contributed by atoms with Crippen molar-refractivity contribution < 1.29 is 18.9 Å². The van der Waals surface area contributed by atoms with Gasteiger partial charge in [0.2, 0.25) is 0 Å². The summed E-state index contributed by atoms with van der Waals surface area (Å²) >= 11 is 0. The van der Waals surface area contributed by atoms with Crippen molar-refractivity contribution in [2.24, 2.45) is 5.73 Å². The van der Waals surface area contributed by atoms with E-state index in [0.29, 0.717) is 0 Å². The Kier molecular flexibility index (Phi) is 3.49. The maximum atomic E-state index is 13.2. The molecular weight excluding hydrogens is 259 g/mol. The summed E-state index contributed by atoms with van der Waals surface area (Å²) in [4.78, 5) is 13.9. The minimum Gasteiger partial charge on any atom is -0.394 e. The zero-order valence-corrected chi connectivity index (χ0v) is 9.49. The first-order chi connectivity index (χ1) is 9.02. The fourth-order valence-corrected chi connectivity index (χ4v) is 1.42. The van der Waals surface area contributed by atoms with Crippen LogP contribution in [0.15, 0.2) is 22.7 Å². The van der Waals surface area contributed by atoms with E-state index in [1.807, 2.05) is 0 Å². The lowest BCUT2D eigenvalue weighted by Crippen LogP contribution is -2.15. The van der Waals surface area contributed by atoms with Gasteiger partial charge >= 0.3 is 0 Å². The van der Waals surface area contributed by atoms with Crippen LogP contribution in [-0.4, -0.2) is 26.8 Å². The van der Waals surface area contributed by atoms with Crippen molar-refractivity contribution in [3.05, 3.63) is 40.0 Å². The molecule has 1 atom stereocenters. The van der Waals surface area contributed by atoms with Crippen molar-refractivity contribution in [3.8, 4) is 11.5 Å². The van der Waals surface area contributed by atoms with E-state index < -0.39 is 23.4 Å². The second-order valence-corrected chi connectivity index (χ2v) is 3.67. The summed E-state index contributed by atoms with van der Waals surface area (Å²) in [7, 11) is 0. The molecule has 19 heavy (non-hydrogen) atoms. The SMILES string of the molecule is NC(CO)c1noc(-c2cc(F)ccc2[N+](=O)[O-])n1. The first-order valence-corrected chi connectivity index (χ1v) is 5.17. The van der Waals surface area contributed by atoms with Gasteiger partial charge in [-0.15, -0.1) is 0 Å². The van der Waals surface area contributed by atoms with Gasteiger partial charge in [0.15, 0.2) is 5.82 Å². The van der Waals surface area contributed by atoms with Gasteiger partial charge in [-0.1, -0.05) is 5.16 Å². The lowest BCUT2D eigenvalue weighted by Gasteiger charge is -1.99. The number of nitrogens with two attached hydrogens (primary N) is 1. The Morgan fingerprint density at radius 3 is 2.95 bits per heavy atom. The van der Waals surface area contributed by atoms with Crippen LogP contribution in [0.3, 0.4) is 0 Å². The number of hydrogen-bond donors (Lipinski definition) is 2. The summed E-state index contributed by atoms with van der Waals surface area (Å²) in [6, 6.07) is 2.00. The first kappa shape index (κ1) is 13.1. The lowest BCUT2D eigenvalue weighted by atomic mass is 10.1. The molecule has 0 radical (unpaired) electrons. The zero-order valence-electron chi connectivity index (χ0n) is 9.49. The molecule has 1 heterocycles. The van der Waals surface area contributed by atoms with Crippen LogP contribution < -0.4 is 5.73 Å². The van der Waals surface area contributed by atoms with Gasteiger partial charge in [-0.25, -0.2) is 4.39 Å². The van der Waals surface area contributed by atoms with E-state index in [-0.39, 0.29) is 23.0 Å². The van der Waals surface area contributed by atoms with E-state index in [4.69, 9.17) is 15.4 Å². The smallest absolute Gasteiger partial charge is 0.282 e. The van der Waals surface area contributed by atoms with Crippen LogP contribution in [0.1, 0.15) is 11.9 Å². The average molecular weight is 268 g/mol. The first-order valence-electron chi connectivity index (χ1n) is 5.17. The molecule has 3 N–H and O–H groups in total. The highest BCUT2D eigenvalue weighted by Crippen LogP contribution is 2.29. The number of aromatic nitrogens is 2. The van der Waals surface area contributed by atoms with Crippen molar-refractivity contribution in [2.75, 3.05) is 6.61 Å². The molecule has 0 aliphatic heterocycles. The highest BCUT2D eigenvalue weighted by atomic mass is 19.1. The van der Waals surface area contributed by atoms with Gasteiger partial charge in [-0.3, -0.25) is 10.1 Å². The molecule has 0 saturated carbocycles. The van der Waals surface area contributed by atoms with Crippen LogP contribution >= 0.6 is 0 Å². The quantitative estimate of drug-likeness (QED) is 0.619. The number of aliphatic hydroxyl groups excluding tert-OH is 1. The number of benzene rings is 1. The zero-order chi connectivity index (χ0) is 14.0. The van der Waals surface area contributed by atoms with Gasteiger partial charge in [-0.2, -0.15) is 4.98 Å². The van der Waals surface area contributed by atoms with E-state index in [0.717, 1.165) is 18.2 Å². The summed E-state index contributed by atoms with van der Waals surface area (Å²) in [6.45, 7) is -0.412. The Hall–Kier alpha value is -2.39. The third kappa shape index (κ3) is 2.56. The molecule has 1 unspecified atom stereocenters. The molecule has 0 bridgehead atoms. The van der Waals surface area contributed by atoms with Crippen LogP contribution in [0.4, 0.5) is 10.1 Å². The summed E-state index contributed by atoms with van der Waals surface area (Å²) in [6.07, 6.45) is 0. The Morgan fingerprint density at radius 1 is 1.58 bits per heavy atom. The number of aliphatic hydroxyl groups is 1. The molecule has 1 aromatic heterocycles. The Labute approximate surface area is 105 Å². The number of rotatable bonds is 4. The molecule has 0 spiro atoms. The fraction of sp³-hybridized carbons (Fsp3) is 0.200. The van der Waals surface area contributed by atoms with Crippen LogP contribution in [-0.2, 0) is 0 Å². The molecule has 8 nitrogen and oxygen atoms in total. The standard InChI is InChI=1S/C10H9FN4O4/c11-5-1-2-8(15(17)18)6(3-5)10-13-9(14-19-10)7(12)4-16/h1-3,7,16H,4,12H2. The molecular formula is C10H9FN4O4. The number of halogens is 1. The molecule has 2 aromatic rings. The molecule has 1 aromatic carbocycles. The summed E-state index contributed by atoms with van der Waals surface area (Å²) in [5.74, 6) is -0.923. The molecule has 0 amide bonds. The summed E-state index contributed by atoms with van der Waals surface area (Å²) in [5, 5.41) is 23.1. The van der Waals surface area contributed by atoms with Crippen LogP contribution in [0.5, 0.6) is 0 Å². The highest BCUT2D eigenvalue weighted by Gasteiger charge is 2.22. The number of nitrogens with zero attached hydrogens (tertiary/aromatic N) is 3. The van der Waals surface area contributed by atoms with Gasteiger partial charge < -0.3 is 15.4 Å². The van der Waals surface area contributed by atoms with Gasteiger partial charge in [0, 0.05) is 6.07 Å². The number of nitro groups is 1. The predicted octanol–water partition coefficient (Wildman–Crippen LogP) is 0.776. The van der Waals surface area contributed by atoms with Gasteiger partial charge in [0.05, 0.1) is 17.6 Å². The Bertz CT molecular complexity index is 615. The number of hydrogen-bond acceptors (Lipinski definition) is 7. The van der Waals surface area contributed by atoms with E-state index in [2.05, 4.69) is 10.1 Å². The Balaban J connectivity index is 2.49. The van der Waals surface area contributed by atoms with E-state index in [1.165, 1.54) is 0 Å². The van der Waals surface area contributed by atoms with Crippen molar-refractivity contribution in [1.82, 2.24) is 10.1 Å². The Morgan fingerprint density at radius 2 is 2.32 bits per heavy atom. The largest absolute Gasteiger partial charge is 0.394 e. The minimum atomic E-state index is -0.870. The minimum absolute atomic E-state index is 0.0175. The third-order valence-electron chi connectivity index (χ3n) is 2.36. The van der Waals surface area contributed by atoms with E-state index in [9.17, 15) is 14.5 Å². The van der Waals surface area contributed by atoms with Gasteiger partial charge in [0.1, 0.15) is 11.4 Å². The molecule has 100 valence electrons. The van der Waals surface area contributed by atoms with Crippen LogP contribution in [0, 0.1) is 15.9 Å². The van der Waals surface area contributed by atoms with E-state index >= 15 is 0 Å². The fourth-order valence-electron chi connectivity index (χ4n) is 1.42. The number of nitro benzene ring substituents is 1. The molecule has 0 aliphatic carbocycles. The normalized spacial score (nSPS) is 12.4. The topological polar surface area (TPSA) is 128 Å². The van der Waals surface area contributed by atoms with Crippen molar-refractivity contribution in [1.29, 1.82) is 0 Å². The van der Waals surface area contributed by atoms with E-state index in [1.54, 1.807) is 0 Å². The second-order valence-electron chi connectivity index (χ2n) is 3.67. The molecule has 0 aliphatic rings. The highest BCUT2D eigenvalue weighted by molar-refractivity contribution is 5.66. The molecule has 2 rings (SSSR count). The lowest BCUT2D eigenvalue weighted by molar-refractivity contribution is -0.384. The monoisotopic (exact) mass is 268 g/mol. The maximum Gasteiger partial charge on any atom is 0.282 e. The van der Waals surface area contributed by atoms with Crippen molar-refractivity contribution in [3.63, 3.8) is 0 Å². The summed E-state index contributed by atoms with van der Waals surface area (Å²) in [5.41, 5.74) is 4.96. The van der Waals surface area contributed by atoms with Gasteiger partial charge in [0.25, 0.3) is 11.6 Å². The van der Waals surface area contributed by atoms with Crippen molar-refractivity contribution >= 4 is 5.69 Å². The molecule has 0 fully saturated rings. The van der Waals surface area contributed by atoms with Crippen LogP contribution in [0.25, 0.3) is 11.5 Å². The second kappa shape index (κ2) is 5.08. The maximum absolute atomic E-state index is 13.2. The molecule has 0 saturated heterocycles. The predicted molar refractivity (Wildman–Crippen MR) is 60.4 cm³/mol. The van der Waals surface area contributed by atoms with Crippen LogP contribution in [0.2, 0.25) is 0 Å².